The fraction of sp³-hybridized carbons (Fsp3) is 0.500. The summed E-state index contributed by atoms with van der Waals surface area (Å²) in [5, 5.41) is 3.26. The molecule has 0 saturated carbocycles. The third-order valence-electron chi connectivity index (χ3n) is 3.13. The van der Waals surface area contributed by atoms with E-state index in [1.165, 1.54) is 5.56 Å². The number of hydrogen-bond donors (Lipinski definition) is 1. The van der Waals surface area contributed by atoms with Crippen LogP contribution >= 0.6 is 0 Å². The maximum Gasteiger partial charge on any atom is 0.124 e. The Balaban J connectivity index is 0.00000361. The minimum absolute atomic E-state index is 0. The van der Waals surface area contributed by atoms with E-state index in [1.807, 2.05) is 5.94 Å². The molecule has 0 bridgehead atoms. The maximum absolute atomic E-state index is 10.3. The molecular weight excluding hydrogens is 272 g/mol. The van der Waals surface area contributed by atoms with Gasteiger partial charge in [0.1, 0.15) is 12.5 Å². The molecule has 0 unspecified atom stereocenters. The quantitative estimate of drug-likeness (QED) is 0.380. The van der Waals surface area contributed by atoms with Gasteiger partial charge in [-0.3, -0.25) is 0 Å². The first-order valence-electron chi connectivity index (χ1n) is 6.81. The Bertz CT molecular complexity index is 425. The molecule has 1 rings (SSSR count). The first-order chi connectivity index (χ1) is 9.03. The van der Waals surface area contributed by atoms with E-state index >= 15 is 0 Å². The predicted molar refractivity (Wildman–Crippen MR) is 79.5 cm³/mol. The maximum atomic E-state index is 10.3. The molecule has 0 aromatic heterocycles. The van der Waals surface area contributed by atoms with E-state index in [1.54, 1.807) is 6.92 Å². The number of nitrogens with one attached hydrogen (secondary N) is 1. The van der Waals surface area contributed by atoms with Crippen LogP contribution in [0.1, 0.15) is 18.9 Å². The highest BCUT2D eigenvalue weighted by atomic mass is 35.5. The molecule has 20 heavy (non-hydrogen) atoms. The van der Waals surface area contributed by atoms with Gasteiger partial charge in [-0.15, -0.1) is 0 Å². The summed E-state index contributed by atoms with van der Waals surface area (Å²) in [6, 6.07) is 10.6. The van der Waals surface area contributed by atoms with E-state index in [0.717, 1.165) is 36.1 Å². The van der Waals surface area contributed by atoms with Crippen molar-refractivity contribution >= 4 is 5.94 Å². The molecule has 0 amide bonds. The Morgan fingerprint density at radius 3 is 2.50 bits per heavy atom. The molecule has 112 valence electrons. The second kappa shape index (κ2) is 9.73. The van der Waals surface area contributed by atoms with Gasteiger partial charge in [-0.1, -0.05) is 30.3 Å². The molecule has 1 aromatic carbocycles. The van der Waals surface area contributed by atoms with Crippen molar-refractivity contribution < 1.29 is 21.7 Å². The number of carbonyl (C=O) groups excluding carboxylic acids is 1. The number of rotatable bonds is 8. The lowest BCUT2D eigenvalue weighted by Gasteiger charge is -2.30. The summed E-state index contributed by atoms with van der Waals surface area (Å²) in [5.41, 5.74) is 2.11. The SMILES string of the molecule is CC(=C=O)CNCCC[N+](C)(C)Cc1ccccc1.[Cl-]. The largest absolute Gasteiger partial charge is 1.00 e. The molecule has 0 fully saturated rings. The molecule has 4 heteroatoms. The van der Waals surface area contributed by atoms with Crippen LogP contribution in [0.25, 0.3) is 0 Å². The zero-order chi connectivity index (χ0) is 14.1. The van der Waals surface area contributed by atoms with E-state index in [4.69, 9.17) is 0 Å². The minimum Gasteiger partial charge on any atom is -1.00 e. The highest BCUT2D eigenvalue weighted by Crippen LogP contribution is 2.09. The third kappa shape index (κ3) is 8.13. The van der Waals surface area contributed by atoms with Crippen LogP contribution in [0, 0.1) is 0 Å². The fourth-order valence-electron chi connectivity index (χ4n) is 2.10. The molecular formula is C16H25ClN2O. The second-order valence-electron chi connectivity index (χ2n) is 5.72. The van der Waals surface area contributed by atoms with Crippen molar-refractivity contribution in [3.8, 4) is 0 Å². The van der Waals surface area contributed by atoms with Crippen molar-refractivity contribution in [2.75, 3.05) is 33.7 Å². The molecule has 0 atom stereocenters. The van der Waals surface area contributed by atoms with E-state index < -0.39 is 0 Å². The van der Waals surface area contributed by atoms with Gasteiger partial charge in [0.25, 0.3) is 0 Å². The van der Waals surface area contributed by atoms with Gasteiger partial charge in [-0.2, -0.15) is 0 Å². The average Bonchev–Trinajstić information content (AvgIpc) is 2.38. The van der Waals surface area contributed by atoms with E-state index in [9.17, 15) is 4.79 Å². The van der Waals surface area contributed by atoms with Crippen LogP contribution in [0.15, 0.2) is 35.9 Å². The Labute approximate surface area is 128 Å². The van der Waals surface area contributed by atoms with Crippen LogP contribution in [-0.2, 0) is 11.3 Å². The summed E-state index contributed by atoms with van der Waals surface area (Å²) < 4.78 is 0.980. The monoisotopic (exact) mass is 296 g/mol. The molecule has 0 heterocycles. The molecule has 0 radical (unpaired) electrons. The van der Waals surface area contributed by atoms with Gasteiger partial charge < -0.3 is 22.2 Å². The highest BCUT2D eigenvalue weighted by Gasteiger charge is 2.14. The Morgan fingerprint density at radius 1 is 1.25 bits per heavy atom. The van der Waals surface area contributed by atoms with Gasteiger partial charge in [0.2, 0.25) is 0 Å². The number of quaternary nitrogens is 1. The van der Waals surface area contributed by atoms with Crippen LogP contribution < -0.4 is 17.7 Å². The molecule has 3 nitrogen and oxygen atoms in total. The van der Waals surface area contributed by atoms with Crippen molar-refractivity contribution in [1.82, 2.24) is 5.32 Å². The van der Waals surface area contributed by atoms with E-state index in [2.05, 4.69) is 49.7 Å². The average molecular weight is 297 g/mol. The molecule has 0 saturated heterocycles. The highest BCUT2D eigenvalue weighted by molar-refractivity contribution is 5.51. The smallest absolute Gasteiger partial charge is 0.124 e. The van der Waals surface area contributed by atoms with Crippen LogP contribution in [0.4, 0.5) is 0 Å². The zero-order valence-electron chi connectivity index (χ0n) is 12.7. The fourth-order valence-corrected chi connectivity index (χ4v) is 2.10. The first kappa shape index (κ1) is 18.9. The summed E-state index contributed by atoms with van der Waals surface area (Å²) in [4.78, 5) is 10.3. The number of halogens is 1. The van der Waals surface area contributed by atoms with Crippen molar-refractivity contribution in [1.29, 1.82) is 0 Å². The Kier molecular flexibility index (Phi) is 9.19. The van der Waals surface area contributed by atoms with E-state index in [0.29, 0.717) is 6.54 Å². The van der Waals surface area contributed by atoms with Gasteiger partial charge >= 0.3 is 0 Å². The molecule has 0 aliphatic rings. The molecule has 1 aromatic rings. The normalized spacial score (nSPS) is 10.6. The van der Waals surface area contributed by atoms with Gasteiger partial charge in [0, 0.05) is 30.6 Å². The topological polar surface area (TPSA) is 29.1 Å². The second-order valence-corrected chi connectivity index (χ2v) is 5.72. The van der Waals surface area contributed by atoms with Gasteiger partial charge in [-0.05, 0) is 6.92 Å². The molecule has 0 aliphatic heterocycles. The minimum atomic E-state index is 0. The van der Waals surface area contributed by atoms with Crippen molar-refractivity contribution in [2.24, 2.45) is 0 Å². The van der Waals surface area contributed by atoms with Crippen molar-refractivity contribution in [3.05, 3.63) is 41.5 Å². The lowest BCUT2D eigenvalue weighted by molar-refractivity contribution is -0.903. The number of nitrogens with zero attached hydrogens (tertiary/aromatic N) is 1. The Morgan fingerprint density at radius 2 is 1.90 bits per heavy atom. The predicted octanol–water partition coefficient (Wildman–Crippen LogP) is -0.975. The summed E-state index contributed by atoms with van der Waals surface area (Å²) >= 11 is 0. The van der Waals surface area contributed by atoms with Gasteiger partial charge in [0.15, 0.2) is 0 Å². The van der Waals surface area contributed by atoms with E-state index in [-0.39, 0.29) is 12.4 Å². The summed E-state index contributed by atoms with van der Waals surface area (Å²) in [7, 11) is 4.51. The summed E-state index contributed by atoms with van der Waals surface area (Å²) in [5.74, 6) is 1.91. The zero-order valence-corrected chi connectivity index (χ0v) is 13.4. The van der Waals surface area contributed by atoms with Crippen LogP contribution in [-0.4, -0.2) is 44.2 Å². The third-order valence-corrected chi connectivity index (χ3v) is 3.13. The lowest BCUT2D eigenvalue weighted by Crippen LogP contribution is -3.00. The molecule has 0 aliphatic carbocycles. The summed E-state index contributed by atoms with van der Waals surface area (Å²) in [6.07, 6.45) is 1.10. The van der Waals surface area contributed by atoms with Crippen LogP contribution in [0.3, 0.4) is 0 Å². The first-order valence-corrected chi connectivity index (χ1v) is 6.81. The van der Waals surface area contributed by atoms with Crippen molar-refractivity contribution in [2.45, 2.75) is 19.9 Å². The number of hydrogen-bond acceptors (Lipinski definition) is 2. The van der Waals surface area contributed by atoms with Crippen LogP contribution in [0.5, 0.6) is 0 Å². The molecule has 1 N–H and O–H groups in total. The van der Waals surface area contributed by atoms with Crippen LogP contribution in [0.2, 0.25) is 0 Å². The van der Waals surface area contributed by atoms with Gasteiger partial charge in [0.05, 0.1) is 20.6 Å². The lowest BCUT2D eigenvalue weighted by atomic mass is 10.2. The van der Waals surface area contributed by atoms with Crippen molar-refractivity contribution in [3.63, 3.8) is 0 Å². The number of benzene rings is 1. The Hall–Kier alpha value is -1.12. The molecule has 0 spiro atoms. The summed E-state index contributed by atoms with van der Waals surface area (Å²) in [6.45, 7) is 5.56. The standard InChI is InChI=1S/C16H25N2O.ClH/c1-15(14-19)12-17-10-7-11-18(2,3)13-16-8-5-4-6-9-16;/h4-6,8-9,17H,7,10-13H2,1-3H3;1H/q+1;/p-1. The van der Waals surface area contributed by atoms with Gasteiger partial charge in [-0.25, -0.2) is 4.79 Å².